The lowest BCUT2D eigenvalue weighted by molar-refractivity contribution is 0.537. The molecular formula is C12H22N2S. The van der Waals surface area contributed by atoms with Crippen LogP contribution in [0.25, 0.3) is 0 Å². The van der Waals surface area contributed by atoms with Gasteiger partial charge in [-0.05, 0) is 26.7 Å². The van der Waals surface area contributed by atoms with Gasteiger partial charge in [-0.15, -0.1) is 11.3 Å². The largest absolute Gasteiger partial charge is 0.314 e. The Labute approximate surface area is 97.1 Å². The monoisotopic (exact) mass is 226 g/mol. The van der Waals surface area contributed by atoms with Gasteiger partial charge in [0.15, 0.2) is 0 Å². The second-order valence-corrected chi connectivity index (χ2v) is 5.27. The smallest absolute Gasteiger partial charge is 0.0943 e. The number of aryl methyl sites for hydroxylation is 2. The van der Waals surface area contributed by atoms with Crippen molar-refractivity contribution < 1.29 is 0 Å². The van der Waals surface area contributed by atoms with Crippen molar-refractivity contribution in [3.05, 3.63) is 15.6 Å². The van der Waals surface area contributed by atoms with Gasteiger partial charge in [0.2, 0.25) is 0 Å². The van der Waals surface area contributed by atoms with Gasteiger partial charge in [0.25, 0.3) is 0 Å². The Kier molecular flexibility index (Phi) is 5.26. The predicted octanol–water partition coefficient (Wildman–Crippen LogP) is 2.94. The third-order valence-electron chi connectivity index (χ3n) is 2.72. The van der Waals surface area contributed by atoms with Crippen molar-refractivity contribution in [2.75, 3.05) is 6.54 Å². The minimum Gasteiger partial charge on any atom is -0.314 e. The molecule has 1 unspecified atom stereocenters. The van der Waals surface area contributed by atoms with E-state index in [1.54, 1.807) is 0 Å². The second kappa shape index (κ2) is 6.23. The average Bonchev–Trinajstić information content (AvgIpc) is 2.58. The van der Waals surface area contributed by atoms with Crippen LogP contribution in [0.1, 0.15) is 42.8 Å². The molecule has 0 saturated carbocycles. The predicted molar refractivity (Wildman–Crippen MR) is 67.7 cm³/mol. The van der Waals surface area contributed by atoms with Crippen molar-refractivity contribution in [3.8, 4) is 0 Å². The fourth-order valence-electron chi connectivity index (χ4n) is 1.49. The molecule has 1 atom stereocenters. The molecule has 1 rings (SSSR count). The molecular weight excluding hydrogens is 204 g/mol. The fourth-order valence-corrected chi connectivity index (χ4v) is 2.51. The van der Waals surface area contributed by atoms with Crippen LogP contribution in [-0.2, 0) is 12.8 Å². The van der Waals surface area contributed by atoms with Crippen molar-refractivity contribution in [2.24, 2.45) is 0 Å². The van der Waals surface area contributed by atoms with Gasteiger partial charge < -0.3 is 5.32 Å². The summed E-state index contributed by atoms with van der Waals surface area (Å²) in [6, 6.07) is 0.622. The molecule has 1 heterocycles. The van der Waals surface area contributed by atoms with Crippen molar-refractivity contribution >= 4 is 11.3 Å². The van der Waals surface area contributed by atoms with Crippen molar-refractivity contribution in [1.82, 2.24) is 10.3 Å². The molecule has 1 aromatic heterocycles. The molecule has 0 aliphatic rings. The van der Waals surface area contributed by atoms with Crippen LogP contribution in [-0.4, -0.2) is 17.6 Å². The van der Waals surface area contributed by atoms with Gasteiger partial charge in [-0.3, -0.25) is 0 Å². The Hall–Kier alpha value is -0.410. The summed E-state index contributed by atoms with van der Waals surface area (Å²) in [5, 5.41) is 4.77. The third-order valence-corrected chi connectivity index (χ3v) is 3.79. The van der Waals surface area contributed by atoms with Crippen LogP contribution in [0.4, 0.5) is 0 Å². The van der Waals surface area contributed by atoms with Crippen LogP contribution < -0.4 is 5.32 Å². The Balaban J connectivity index is 2.37. The van der Waals surface area contributed by atoms with Crippen molar-refractivity contribution in [2.45, 2.75) is 53.0 Å². The summed E-state index contributed by atoms with van der Waals surface area (Å²) < 4.78 is 0. The molecule has 86 valence electrons. The van der Waals surface area contributed by atoms with Gasteiger partial charge in [0, 0.05) is 23.9 Å². The summed E-state index contributed by atoms with van der Waals surface area (Å²) >= 11 is 1.85. The number of nitrogens with one attached hydrogen (secondary N) is 1. The van der Waals surface area contributed by atoms with Gasteiger partial charge in [0.05, 0.1) is 10.7 Å². The van der Waals surface area contributed by atoms with E-state index in [4.69, 9.17) is 0 Å². The minimum absolute atomic E-state index is 0.622. The molecule has 0 bridgehead atoms. The van der Waals surface area contributed by atoms with Crippen LogP contribution in [0.2, 0.25) is 0 Å². The zero-order valence-electron chi connectivity index (χ0n) is 10.3. The standard InChI is InChI=1S/C12H22N2S/c1-5-9(3)13-8-7-12-14-11(6-2)10(4)15-12/h9,13H,5-8H2,1-4H3. The SMILES string of the molecule is CCc1nc(CCNC(C)CC)sc1C. The van der Waals surface area contributed by atoms with E-state index in [2.05, 4.69) is 38.0 Å². The second-order valence-electron chi connectivity index (χ2n) is 3.98. The lowest BCUT2D eigenvalue weighted by Gasteiger charge is -2.09. The molecule has 0 amide bonds. The summed E-state index contributed by atoms with van der Waals surface area (Å²) in [6.45, 7) is 9.82. The van der Waals surface area contributed by atoms with E-state index in [0.717, 1.165) is 19.4 Å². The molecule has 0 radical (unpaired) electrons. The lowest BCUT2D eigenvalue weighted by atomic mass is 10.2. The molecule has 1 N–H and O–H groups in total. The summed E-state index contributed by atoms with van der Waals surface area (Å²) in [5.41, 5.74) is 1.28. The highest BCUT2D eigenvalue weighted by atomic mass is 32.1. The number of hydrogen-bond donors (Lipinski definition) is 1. The molecule has 0 aliphatic heterocycles. The van der Waals surface area contributed by atoms with E-state index in [9.17, 15) is 0 Å². The van der Waals surface area contributed by atoms with Gasteiger partial charge in [-0.2, -0.15) is 0 Å². The van der Waals surface area contributed by atoms with Crippen LogP contribution in [0.15, 0.2) is 0 Å². The van der Waals surface area contributed by atoms with Crippen LogP contribution in [0.5, 0.6) is 0 Å². The van der Waals surface area contributed by atoms with Gasteiger partial charge in [0.1, 0.15) is 0 Å². The summed E-state index contributed by atoms with van der Waals surface area (Å²) in [5.74, 6) is 0. The van der Waals surface area contributed by atoms with E-state index in [1.165, 1.54) is 22.0 Å². The highest BCUT2D eigenvalue weighted by Crippen LogP contribution is 2.17. The van der Waals surface area contributed by atoms with E-state index in [-0.39, 0.29) is 0 Å². The maximum absolute atomic E-state index is 4.63. The van der Waals surface area contributed by atoms with E-state index < -0.39 is 0 Å². The van der Waals surface area contributed by atoms with Crippen LogP contribution in [0, 0.1) is 6.92 Å². The first-order valence-corrected chi connectivity index (χ1v) is 6.67. The molecule has 0 saturated heterocycles. The highest BCUT2D eigenvalue weighted by molar-refractivity contribution is 7.11. The first kappa shape index (κ1) is 12.7. The Bertz CT molecular complexity index is 294. The van der Waals surface area contributed by atoms with E-state index in [0.29, 0.717) is 6.04 Å². The summed E-state index contributed by atoms with van der Waals surface area (Å²) in [4.78, 5) is 6.01. The normalized spacial score (nSPS) is 13.1. The topological polar surface area (TPSA) is 24.9 Å². The Morgan fingerprint density at radius 2 is 2.13 bits per heavy atom. The number of nitrogens with zero attached hydrogens (tertiary/aromatic N) is 1. The number of hydrogen-bond acceptors (Lipinski definition) is 3. The molecule has 0 fully saturated rings. The van der Waals surface area contributed by atoms with Crippen LogP contribution in [0.3, 0.4) is 0 Å². The minimum atomic E-state index is 0.622. The summed E-state index contributed by atoms with van der Waals surface area (Å²) in [6.07, 6.45) is 3.31. The number of aromatic nitrogens is 1. The van der Waals surface area contributed by atoms with Crippen LogP contribution >= 0.6 is 11.3 Å². The molecule has 15 heavy (non-hydrogen) atoms. The van der Waals surface area contributed by atoms with E-state index >= 15 is 0 Å². The van der Waals surface area contributed by atoms with Gasteiger partial charge in [-0.25, -0.2) is 4.98 Å². The zero-order chi connectivity index (χ0) is 11.3. The maximum atomic E-state index is 4.63. The van der Waals surface area contributed by atoms with E-state index in [1.807, 2.05) is 11.3 Å². The third kappa shape index (κ3) is 3.92. The van der Waals surface area contributed by atoms with Gasteiger partial charge in [-0.1, -0.05) is 13.8 Å². The number of rotatable bonds is 6. The first-order valence-electron chi connectivity index (χ1n) is 5.85. The molecule has 0 aliphatic carbocycles. The first-order chi connectivity index (χ1) is 7.17. The Morgan fingerprint density at radius 1 is 1.40 bits per heavy atom. The average molecular weight is 226 g/mol. The maximum Gasteiger partial charge on any atom is 0.0943 e. The summed E-state index contributed by atoms with van der Waals surface area (Å²) in [7, 11) is 0. The van der Waals surface area contributed by atoms with Gasteiger partial charge >= 0.3 is 0 Å². The molecule has 1 aromatic rings. The molecule has 2 nitrogen and oxygen atoms in total. The fraction of sp³-hybridized carbons (Fsp3) is 0.750. The molecule has 0 aromatic carbocycles. The zero-order valence-corrected chi connectivity index (χ0v) is 11.1. The molecule has 3 heteroatoms. The van der Waals surface area contributed by atoms with Crippen molar-refractivity contribution in [1.29, 1.82) is 0 Å². The lowest BCUT2D eigenvalue weighted by Crippen LogP contribution is -2.27. The Morgan fingerprint density at radius 3 is 2.67 bits per heavy atom. The molecule has 0 spiro atoms. The van der Waals surface area contributed by atoms with Crippen molar-refractivity contribution in [3.63, 3.8) is 0 Å². The highest BCUT2D eigenvalue weighted by Gasteiger charge is 2.05. The number of thiazole rings is 1. The quantitative estimate of drug-likeness (QED) is 0.806.